The quantitative estimate of drug-likeness (QED) is 0.621. The number of carboxylic acids is 1. The van der Waals surface area contributed by atoms with Crippen molar-refractivity contribution >= 4 is 27.7 Å². The van der Waals surface area contributed by atoms with Crippen LogP contribution in [-0.2, 0) is 0 Å². The van der Waals surface area contributed by atoms with Gasteiger partial charge in [0.25, 0.3) is 0 Å². The first-order valence-electron chi connectivity index (χ1n) is 2.35. The number of aromatic amines is 1. The lowest BCUT2D eigenvalue weighted by Crippen LogP contribution is -1.99. The van der Waals surface area contributed by atoms with Crippen molar-refractivity contribution in [1.29, 1.82) is 0 Å². The summed E-state index contributed by atoms with van der Waals surface area (Å²) in [5, 5.41) is 14.3. The van der Waals surface area contributed by atoms with Crippen molar-refractivity contribution in [2.75, 3.05) is 5.73 Å². The van der Waals surface area contributed by atoms with Gasteiger partial charge in [-0.2, -0.15) is 5.10 Å². The van der Waals surface area contributed by atoms with Crippen molar-refractivity contribution in [3.05, 3.63) is 10.2 Å². The van der Waals surface area contributed by atoms with E-state index < -0.39 is 5.97 Å². The maximum absolute atomic E-state index is 10.3. The third-order valence-electron chi connectivity index (χ3n) is 0.964. The zero-order valence-electron chi connectivity index (χ0n) is 4.76. The number of halogens is 1. The molecule has 0 unspecified atom stereocenters. The van der Waals surface area contributed by atoms with Crippen LogP contribution in [0.1, 0.15) is 10.4 Å². The van der Waals surface area contributed by atoms with Crippen molar-refractivity contribution in [2.45, 2.75) is 0 Å². The smallest absolute Gasteiger partial charge is 0.342 e. The molecule has 1 rings (SSSR count). The summed E-state index contributed by atoms with van der Waals surface area (Å²) < 4.78 is 0.289. The van der Waals surface area contributed by atoms with E-state index in [4.69, 9.17) is 10.8 Å². The lowest BCUT2D eigenvalue weighted by atomic mass is 10.3. The first-order valence-corrected chi connectivity index (χ1v) is 3.15. The Bertz CT molecular complexity index is 250. The number of anilines is 1. The Morgan fingerprint density at radius 3 is 2.60 bits per heavy atom. The normalized spacial score (nSPS) is 9.70. The third-order valence-corrected chi connectivity index (χ3v) is 1.54. The van der Waals surface area contributed by atoms with Gasteiger partial charge < -0.3 is 10.8 Å². The van der Waals surface area contributed by atoms with E-state index in [0.717, 1.165) is 0 Å². The number of nitrogen functional groups attached to an aromatic ring is 1. The van der Waals surface area contributed by atoms with Gasteiger partial charge in [0.1, 0.15) is 10.2 Å². The van der Waals surface area contributed by atoms with E-state index in [-0.39, 0.29) is 16.0 Å². The molecule has 0 spiro atoms. The maximum Gasteiger partial charge on any atom is 0.342 e. The third kappa shape index (κ3) is 0.971. The van der Waals surface area contributed by atoms with Gasteiger partial charge >= 0.3 is 5.97 Å². The summed E-state index contributed by atoms with van der Waals surface area (Å²) in [4.78, 5) is 10.3. The number of nitrogens with two attached hydrogens (primary N) is 1. The molecule has 0 radical (unpaired) electrons. The average molecular weight is 206 g/mol. The number of nitrogens with one attached hydrogen (secondary N) is 1. The Balaban J connectivity index is 3.23. The summed E-state index contributed by atoms with van der Waals surface area (Å²) in [6.45, 7) is 0. The minimum atomic E-state index is -1.10. The predicted molar refractivity (Wildman–Crippen MR) is 37.7 cm³/mol. The number of hydrogen-bond acceptors (Lipinski definition) is 3. The highest BCUT2D eigenvalue weighted by Gasteiger charge is 2.14. The van der Waals surface area contributed by atoms with Gasteiger partial charge in [0.05, 0.1) is 0 Å². The average Bonchev–Trinajstić information content (AvgIpc) is 2.11. The molecular weight excluding hydrogens is 202 g/mol. The fourth-order valence-corrected chi connectivity index (χ4v) is 0.998. The highest BCUT2D eigenvalue weighted by atomic mass is 79.9. The summed E-state index contributed by atoms with van der Waals surface area (Å²) in [7, 11) is 0. The van der Waals surface area contributed by atoms with Crippen molar-refractivity contribution < 1.29 is 9.90 Å². The number of aromatic nitrogens is 2. The molecule has 0 aromatic carbocycles. The molecule has 0 aliphatic heterocycles. The van der Waals surface area contributed by atoms with Gasteiger partial charge in [0.15, 0.2) is 5.82 Å². The fraction of sp³-hybridized carbons (Fsp3) is 0. The molecule has 0 saturated carbocycles. The zero-order valence-corrected chi connectivity index (χ0v) is 6.34. The molecule has 6 heteroatoms. The molecule has 1 heterocycles. The molecule has 0 aliphatic rings. The minimum Gasteiger partial charge on any atom is -0.477 e. The summed E-state index contributed by atoms with van der Waals surface area (Å²) in [6, 6.07) is 0. The van der Waals surface area contributed by atoms with Crippen LogP contribution in [0.2, 0.25) is 0 Å². The molecule has 0 aliphatic carbocycles. The number of nitrogens with zero attached hydrogens (tertiary/aromatic N) is 1. The molecule has 4 N–H and O–H groups in total. The second kappa shape index (κ2) is 2.30. The van der Waals surface area contributed by atoms with E-state index in [1.807, 2.05) is 0 Å². The van der Waals surface area contributed by atoms with Crippen LogP contribution in [0.15, 0.2) is 4.60 Å². The summed E-state index contributed by atoms with van der Waals surface area (Å²) >= 11 is 2.94. The highest BCUT2D eigenvalue weighted by molar-refractivity contribution is 9.10. The first kappa shape index (κ1) is 7.07. The first-order chi connectivity index (χ1) is 4.63. The van der Waals surface area contributed by atoms with E-state index in [1.165, 1.54) is 0 Å². The second-order valence-electron chi connectivity index (χ2n) is 1.60. The van der Waals surface area contributed by atoms with Crippen molar-refractivity contribution in [3.8, 4) is 0 Å². The number of aromatic carboxylic acids is 1. The lowest BCUT2D eigenvalue weighted by Gasteiger charge is -1.87. The molecule has 0 amide bonds. The van der Waals surface area contributed by atoms with E-state index in [9.17, 15) is 4.79 Å². The number of carbonyl (C=O) groups is 1. The van der Waals surface area contributed by atoms with E-state index in [0.29, 0.717) is 0 Å². The van der Waals surface area contributed by atoms with Gasteiger partial charge in [0.2, 0.25) is 0 Å². The van der Waals surface area contributed by atoms with Gasteiger partial charge in [-0.05, 0) is 15.9 Å². The van der Waals surface area contributed by atoms with E-state index in [1.54, 1.807) is 0 Å². The molecular formula is C4H4BrN3O2. The maximum atomic E-state index is 10.3. The predicted octanol–water partition coefficient (Wildman–Crippen LogP) is 0.453. The molecule has 54 valence electrons. The molecule has 0 atom stereocenters. The van der Waals surface area contributed by atoms with Gasteiger partial charge in [-0.1, -0.05) is 0 Å². The van der Waals surface area contributed by atoms with Crippen LogP contribution in [0.25, 0.3) is 0 Å². The van der Waals surface area contributed by atoms with Gasteiger partial charge in [0, 0.05) is 0 Å². The van der Waals surface area contributed by atoms with Crippen LogP contribution in [0.3, 0.4) is 0 Å². The van der Waals surface area contributed by atoms with Crippen molar-refractivity contribution in [3.63, 3.8) is 0 Å². The van der Waals surface area contributed by atoms with E-state index >= 15 is 0 Å². The number of hydrogen-bond donors (Lipinski definition) is 3. The molecule has 0 bridgehead atoms. The zero-order chi connectivity index (χ0) is 7.72. The topological polar surface area (TPSA) is 92.0 Å². The SMILES string of the molecule is Nc1n[nH]c(Br)c1C(=O)O. The standard InChI is InChI=1S/C4H4BrN3O2/c5-2-1(4(9)10)3(6)8-7-2/h(H,9,10)(H3,6,7,8). The highest BCUT2D eigenvalue weighted by Crippen LogP contribution is 2.17. The number of rotatable bonds is 1. The Labute approximate surface area is 64.4 Å². The van der Waals surface area contributed by atoms with Crippen LogP contribution in [-0.4, -0.2) is 21.3 Å². The fourth-order valence-electron chi connectivity index (χ4n) is 0.537. The Morgan fingerprint density at radius 2 is 2.40 bits per heavy atom. The van der Waals surface area contributed by atoms with Gasteiger partial charge in [-0.25, -0.2) is 4.79 Å². The largest absolute Gasteiger partial charge is 0.477 e. The molecule has 1 aromatic rings. The summed E-state index contributed by atoms with van der Waals surface area (Å²) in [5.74, 6) is -1.11. The van der Waals surface area contributed by atoms with Gasteiger partial charge in [-0.15, -0.1) is 0 Å². The second-order valence-corrected chi connectivity index (χ2v) is 2.40. The number of carboxylic acid groups (broad SMARTS) is 1. The summed E-state index contributed by atoms with van der Waals surface area (Å²) in [5.41, 5.74) is 5.16. The van der Waals surface area contributed by atoms with Crippen molar-refractivity contribution in [1.82, 2.24) is 10.2 Å². The lowest BCUT2D eigenvalue weighted by molar-refractivity contribution is 0.0697. The molecule has 1 aromatic heterocycles. The van der Waals surface area contributed by atoms with Crippen LogP contribution >= 0.6 is 15.9 Å². The number of H-pyrrole nitrogens is 1. The van der Waals surface area contributed by atoms with Gasteiger partial charge in [-0.3, -0.25) is 5.10 Å². The molecule has 0 fully saturated rings. The Morgan fingerprint density at radius 1 is 1.80 bits per heavy atom. The van der Waals surface area contributed by atoms with Crippen LogP contribution in [0, 0.1) is 0 Å². The van der Waals surface area contributed by atoms with Crippen LogP contribution in [0.5, 0.6) is 0 Å². The molecule has 10 heavy (non-hydrogen) atoms. The van der Waals surface area contributed by atoms with Crippen LogP contribution < -0.4 is 5.73 Å². The summed E-state index contributed by atoms with van der Waals surface area (Å²) in [6.07, 6.45) is 0. The van der Waals surface area contributed by atoms with Crippen molar-refractivity contribution in [2.24, 2.45) is 0 Å². The van der Waals surface area contributed by atoms with E-state index in [2.05, 4.69) is 26.1 Å². The Hall–Kier alpha value is -1.04. The molecule has 5 nitrogen and oxygen atoms in total. The van der Waals surface area contributed by atoms with Crippen LogP contribution in [0.4, 0.5) is 5.82 Å². The monoisotopic (exact) mass is 205 g/mol. The minimum absolute atomic E-state index is 0.0145. The Kier molecular flexibility index (Phi) is 1.62. The molecule has 0 saturated heterocycles.